The predicted octanol–water partition coefficient (Wildman–Crippen LogP) is 2.42. The Labute approximate surface area is 63.8 Å². The monoisotopic (exact) mass is 141 g/mol. The van der Waals surface area contributed by atoms with Gasteiger partial charge in [0, 0.05) is 6.61 Å². The zero-order valence-corrected chi connectivity index (χ0v) is 6.97. The van der Waals surface area contributed by atoms with Crippen LogP contribution in [0.25, 0.3) is 0 Å². The summed E-state index contributed by atoms with van der Waals surface area (Å²) in [7, 11) is 0. The average molecular weight is 141 g/mol. The zero-order valence-electron chi connectivity index (χ0n) is 6.97. The standard InChI is InChI=1S/C9H17O/c1-3-10-9-7-5-4-6-8(9)2/h5,8-9H,3-4,6-7H2,1-2H3. The summed E-state index contributed by atoms with van der Waals surface area (Å²) < 4.78 is 5.56. The van der Waals surface area contributed by atoms with Gasteiger partial charge >= 0.3 is 0 Å². The van der Waals surface area contributed by atoms with Crippen LogP contribution in [0.4, 0.5) is 0 Å². The maximum Gasteiger partial charge on any atom is 0.0603 e. The smallest absolute Gasteiger partial charge is 0.0603 e. The van der Waals surface area contributed by atoms with Gasteiger partial charge in [-0.05, 0) is 38.5 Å². The Kier molecular flexibility index (Phi) is 3.20. The van der Waals surface area contributed by atoms with Gasteiger partial charge in [0.2, 0.25) is 0 Å². The van der Waals surface area contributed by atoms with E-state index >= 15 is 0 Å². The van der Waals surface area contributed by atoms with Gasteiger partial charge in [-0.25, -0.2) is 0 Å². The molecule has 0 N–H and O–H groups in total. The molecule has 0 amide bonds. The summed E-state index contributed by atoms with van der Waals surface area (Å²) in [5.74, 6) is 0.768. The van der Waals surface area contributed by atoms with Crippen molar-refractivity contribution < 1.29 is 4.74 Å². The first-order valence-electron chi connectivity index (χ1n) is 4.28. The third-order valence-corrected chi connectivity index (χ3v) is 2.24. The van der Waals surface area contributed by atoms with Crippen molar-refractivity contribution in [2.75, 3.05) is 6.61 Å². The minimum atomic E-state index is 0.513. The van der Waals surface area contributed by atoms with Crippen LogP contribution in [-0.4, -0.2) is 12.7 Å². The molecule has 0 aromatic heterocycles. The molecular formula is C9H17O. The number of rotatable bonds is 2. The van der Waals surface area contributed by atoms with E-state index in [1.54, 1.807) is 0 Å². The molecule has 1 rings (SSSR count). The van der Waals surface area contributed by atoms with E-state index in [4.69, 9.17) is 4.74 Å². The average Bonchev–Trinajstić information content (AvgIpc) is 1.94. The van der Waals surface area contributed by atoms with Gasteiger partial charge in [-0.15, -0.1) is 0 Å². The summed E-state index contributed by atoms with van der Waals surface area (Å²) in [6.45, 7) is 5.22. The molecule has 0 heterocycles. The zero-order chi connectivity index (χ0) is 7.40. The molecule has 1 saturated carbocycles. The van der Waals surface area contributed by atoms with Gasteiger partial charge in [0.25, 0.3) is 0 Å². The molecule has 1 heteroatoms. The van der Waals surface area contributed by atoms with Gasteiger partial charge in [0.15, 0.2) is 0 Å². The molecule has 0 spiro atoms. The highest BCUT2D eigenvalue weighted by Gasteiger charge is 2.20. The molecule has 0 saturated heterocycles. The van der Waals surface area contributed by atoms with Crippen LogP contribution in [0.15, 0.2) is 0 Å². The van der Waals surface area contributed by atoms with Crippen LogP contribution >= 0.6 is 0 Å². The Hall–Kier alpha value is -0.0400. The van der Waals surface area contributed by atoms with E-state index in [0.717, 1.165) is 18.9 Å². The Morgan fingerprint density at radius 3 is 3.00 bits per heavy atom. The molecule has 0 aliphatic heterocycles. The van der Waals surface area contributed by atoms with Gasteiger partial charge < -0.3 is 4.74 Å². The molecule has 0 bridgehead atoms. The first-order chi connectivity index (χ1) is 4.84. The molecular weight excluding hydrogens is 124 g/mol. The highest BCUT2D eigenvalue weighted by Crippen LogP contribution is 2.25. The fraction of sp³-hybridized carbons (Fsp3) is 0.889. The van der Waals surface area contributed by atoms with Crippen LogP contribution in [0.2, 0.25) is 0 Å². The van der Waals surface area contributed by atoms with Crippen molar-refractivity contribution in [1.82, 2.24) is 0 Å². The normalized spacial score (nSPS) is 34.2. The molecule has 2 atom stereocenters. The molecule has 2 unspecified atom stereocenters. The van der Waals surface area contributed by atoms with Crippen LogP contribution in [-0.2, 0) is 4.74 Å². The second-order valence-corrected chi connectivity index (χ2v) is 3.07. The largest absolute Gasteiger partial charge is 0.378 e. The Bertz CT molecular complexity index is 88.7. The Morgan fingerprint density at radius 1 is 1.60 bits per heavy atom. The minimum Gasteiger partial charge on any atom is -0.378 e. The second kappa shape index (κ2) is 3.97. The lowest BCUT2D eigenvalue weighted by atomic mass is 9.88. The maximum absolute atomic E-state index is 5.56. The van der Waals surface area contributed by atoms with Crippen LogP contribution in [0.1, 0.15) is 33.1 Å². The van der Waals surface area contributed by atoms with Crippen molar-refractivity contribution >= 4 is 0 Å². The molecule has 1 aliphatic carbocycles. The fourth-order valence-corrected chi connectivity index (χ4v) is 1.53. The summed E-state index contributed by atoms with van der Waals surface area (Å²) >= 11 is 0. The molecule has 0 aromatic carbocycles. The van der Waals surface area contributed by atoms with Crippen LogP contribution in [0.5, 0.6) is 0 Å². The molecule has 0 aromatic rings. The number of ether oxygens (including phenoxy) is 1. The molecule has 1 fully saturated rings. The Balaban J connectivity index is 2.25. The van der Waals surface area contributed by atoms with Crippen LogP contribution in [0, 0.1) is 12.3 Å². The lowest BCUT2D eigenvalue weighted by Gasteiger charge is -2.27. The van der Waals surface area contributed by atoms with Gasteiger partial charge in [0.05, 0.1) is 6.10 Å². The summed E-state index contributed by atoms with van der Waals surface area (Å²) in [6.07, 6.45) is 6.61. The van der Waals surface area contributed by atoms with Crippen molar-refractivity contribution in [3.63, 3.8) is 0 Å². The highest BCUT2D eigenvalue weighted by atomic mass is 16.5. The van der Waals surface area contributed by atoms with Gasteiger partial charge in [-0.1, -0.05) is 6.92 Å². The predicted molar refractivity (Wildman–Crippen MR) is 42.7 cm³/mol. The van der Waals surface area contributed by atoms with E-state index < -0.39 is 0 Å². The van der Waals surface area contributed by atoms with Gasteiger partial charge in [-0.2, -0.15) is 0 Å². The first kappa shape index (κ1) is 8.06. The van der Waals surface area contributed by atoms with E-state index in [-0.39, 0.29) is 0 Å². The lowest BCUT2D eigenvalue weighted by Crippen LogP contribution is -2.25. The fourth-order valence-electron chi connectivity index (χ4n) is 1.53. The molecule has 10 heavy (non-hydrogen) atoms. The number of hydrogen-bond acceptors (Lipinski definition) is 1. The van der Waals surface area contributed by atoms with E-state index in [0.29, 0.717) is 6.10 Å². The van der Waals surface area contributed by atoms with Crippen LogP contribution < -0.4 is 0 Å². The molecule has 1 radical (unpaired) electrons. The highest BCUT2D eigenvalue weighted by molar-refractivity contribution is 4.82. The van der Waals surface area contributed by atoms with Crippen molar-refractivity contribution in [3.8, 4) is 0 Å². The summed E-state index contributed by atoms with van der Waals surface area (Å²) in [5.41, 5.74) is 0. The SMILES string of the molecule is CCOC1C[CH]CCC1C. The lowest BCUT2D eigenvalue weighted by molar-refractivity contribution is 0.0131. The maximum atomic E-state index is 5.56. The third-order valence-electron chi connectivity index (χ3n) is 2.24. The van der Waals surface area contributed by atoms with Crippen LogP contribution in [0.3, 0.4) is 0 Å². The summed E-state index contributed by atoms with van der Waals surface area (Å²) in [6, 6.07) is 0. The van der Waals surface area contributed by atoms with Crippen molar-refractivity contribution in [1.29, 1.82) is 0 Å². The Morgan fingerprint density at radius 2 is 2.40 bits per heavy atom. The second-order valence-electron chi connectivity index (χ2n) is 3.07. The molecule has 59 valence electrons. The minimum absolute atomic E-state index is 0.513. The van der Waals surface area contributed by atoms with E-state index in [9.17, 15) is 0 Å². The molecule has 1 nitrogen and oxygen atoms in total. The van der Waals surface area contributed by atoms with E-state index in [2.05, 4.69) is 20.3 Å². The summed E-state index contributed by atoms with van der Waals surface area (Å²) in [5, 5.41) is 0. The summed E-state index contributed by atoms with van der Waals surface area (Å²) in [4.78, 5) is 0. The van der Waals surface area contributed by atoms with E-state index in [1.807, 2.05) is 0 Å². The number of hydrogen-bond donors (Lipinski definition) is 0. The van der Waals surface area contributed by atoms with Crippen molar-refractivity contribution in [2.45, 2.75) is 39.2 Å². The quantitative estimate of drug-likeness (QED) is 0.574. The first-order valence-corrected chi connectivity index (χ1v) is 4.28. The topological polar surface area (TPSA) is 9.23 Å². The third kappa shape index (κ3) is 1.98. The van der Waals surface area contributed by atoms with Gasteiger partial charge in [0.1, 0.15) is 0 Å². The van der Waals surface area contributed by atoms with E-state index in [1.165, 1.54) is 12.8 Å². The van der Waals surface area contributed by atoms with Crippen molar-refractivity contribution in [2.24, 2.45) is 5.92 Å². The van der Waals surface area contributed by atoms with Gasteiger partial charge in [-0.3, -0.25) is 0 Å². The van der Waals surface area contributed by atoms with Crippen molar-refractivity contribution in [3.05, 3.63) is 6.42 Å². The molecule has 1 aliphatic rings.